The molecule has 0 aliphatic carbocycles. The number of amides is 1. The molecule has 1 N–H and O–H groups in total. The van der Waals surface area contributed by atoms with E-state index in [0.717, 1.165) is 17.0 Å². The van der Waals surface area contributed by atoms with Crippen LogP contribution in [0.15, 0.2) is 60.0 Å². The molecule has 2 aromatic carbocycles. The number of rotatable bonds is 6. The second kappa shape index (κ2) is 8.13. The molecule has 4 rings (SSSR count). The number of non-ortho nitro benzene ring substituents is 1. The lowest BCUT2D eigenvalue weighted by Gasteiger charge is -2.01. The molecule has 2 aromatic heterocycles. The second-order valence-corrected chi connectivity index (χ2v) is 6.99. The Labute approximate surface area is 174 Å². The van der Waals surface area contributed by atoms with E-state index in [2.05, 4.69) is 15.4 Å². The Balaban J connectivity index is 1.50. The predicted molar refractivity (Wildman–Crippen MR) is 114 cm³/mol. The number of nitrogens with zero attached hydrogens (tertiary/aromatic N) is 4. The van der Waals surface area contributed by atoms with Crippen molar-refractivity contribution in [2.75, 3.05) is 12.4 Å². The molecule has 0 saturated carbocycles. The lowest BCUT2D eigenvalue weighted by molar-refractivity contribution is -0.384. The van der Waals surface area contributed by atoms with Gasteiger partial charge in [0.05, 0.1) is 17.7 Å². The molecular formula is C20H15N5O4S. The van der Waals surface area contributed by atoms with E-state index in [4.69, 9.17) is 4.74 Å². The van der Waals surface area contributed by atoms with Gasteiger partial charge in [0.15, 0.2) is 0 Å². The third-order valence-corrected chi connectivity index (χ3v) is 5.03. The first-order valence-electron chi connectivity index (χ1n) is 8.76. The van der Waals surface area contributed by atoms with Gasteiger partial charge in [0.2, 0.25) is 4.96 Å². The summed E-state index contributed by atoms with van der Waals surface area (Å²) in [5.74, 6) is 0.489. The van der Waals surface area contributed by atoms with Crippen molar-refractivity contribution in [3.05, 3.63) is 75.7 Å². The van der Waals surface area contributed by atoms with Crippen molar-refractivity contribution in [1.29, 1.82) is 0 Å². The zero-order valence-corrected chi connectivity index (χ0v) is 16.5. The number of ether oxygens (including phenoxy) is 1. The molecule has 0 bridgehead atoms. The van der Waals surface area contributed by atoms with Gasteiger partial charge in [-0.3, -0.25) is 20.2 Å². The third-order valence-electron chi connectivity index (χ3n) is 4.21. The summed E-state index contributed by atoms with van der Waals surface area (Å²) in [6, 6.07) is 13.6. The van der Waals surface area contributed by atoms with E-state index < -0.39 is 10.8 Å². The fraction of sp³-hybridized carbons (Fsp3) is 0.0500. The van der Waals surface area contributed by atoms with E-state index in [1.165, 1.54) is 35.6 Å². The summed E-state index contributed by atoms with van der Waals surface area (Å²) in [5, 5.41) is 19.7. The van der Waals surface area contributed by atoms with Gasteiger partial charge in [-0.1, -0.05) is 12.1 Å². The third kappa shape index (κ3) is 4.03. The van der Waals surface area contributed by atoms with E-state index in [1.54, 1.807) is 23.8 Å². The monoisotopic (exact) mass is 421 g/mol. The van der Waals surface area contributed by atoms with Gasteiger partial charge in [-0.15, -0.1) is 16.4 Å². The van der Waals surface area contributed by atoms with Crippen LogP contribution < -0.4 is 10.1 Å². The standard InChI is InChI=1S/C20H15N5O4S/c1-29-16-8-6-14(7-9-16)17-12-30-20-22-19(23-24(17)20)21-18(26)10-5-13-3-2-4-15(11-13)25(27)28/h2-12H,1H3,(H,21,23,26)/b10-5+. The molecule has 0 aliphatic rings. The first-order chi connectivity index (χ1) is 14.5. The van der Waals surface area contributed by atoms with Crippen molar-refractivity contribution < 1.29 is 14.5 Å². The molecule has 9 nitrogen and oxygen atoms in total. The van der Waals surface area contributed by atoms with Gasteiger partial charge in [-0.2, -0.15) is 4.98 Å². The number of hydrogen-bond acceptors (Lipinski definition) is 7. The molecule has 0 radical (unpaired) electrons. The molecule has 0 saturated heterocycles. The first-order valence-corrected chi connectivity index (χ1v) is 9.63. The van der Waals surface area contributed by atoms with Gasteiger partial charge in [0.1, 0.15) is 5.75 Å². The Kier molecular flexibility index (Phi) is 5.22. The number of thiazole rings is 1. The zero-order chi connectivity index (χ0) is 21.1. The normalized spacial score (nSPS) is 11.1. The number of benzene rings is 2. The highest BCUT2D eigenvalue weighted by Crippen LogP contribution is 2.27. The molecular weight excluding hydrogens is 406 g/mol. The van der Waals surface area contributed by atoms with Crippen LogP contribution in [0.2, 0.25) is 0 Å². The van der Waals surface area contributed by atoms with Crippen LogP contribution in [-0.4, -0.2) is 32.5 Å². The number of carbonyl (C=O) groups excluding carboxylic acids is 1. The van der Waals surface area contributed by atoms with Crippen molar-refractivity contribution in [1.82, 2.24) is 14.6 Å². The maximum absolute atomic E-state index is 12.2. The molecule has 1 amide bonds. The number of methoxy groups -OCH3 is 1. The quantitative estimate of drug-likeness (QED) is 0.286. The number of carbonyl (C=O) groups is 1. The van der Waals surface area contributed by atoms with Crippen LogP contribution in [0.4, 0.5) is 11.6 Å². The fourth-order valence-corrected chi connectivity index (χ4v) is 3.59. The average Bonchev–Trinajstić information content (AvgIpc) is 3.32. The van der Waals surface area contributed by atoms with E-state index in [9.17, 15) is 14.9 Å². The molecule has 0 fully saturated rings. The summed E-state index contributed by atoms with van der Waals surface area (Å²) in [7, 11) is 1.61. The highest BCUT2D eigenvalue weighted by Gasteiger charge is 2.13. The number of nitro groups is 1. The largest absolute Gasteiger partial charge is 0.497 e. The molecule has 0 aliphatic heterocycles. The molecule has 10 heteroatoms. The van der Waals surface area contributed by atoms with Crippen molar-refractivity contribution in [3.8, 4) is 17.0 Å². The molecule has 150 valence electrons. The number of fused-ring (bicyclic) bond motifs is 1. The number of aromatic nitrogens is 3. The van der Waals surface area contributed by atoms with E-state index >= 15 is 0 Å². The number of anilines is 1. The topological polar surface area (TPSA) is 112 Å². The molecule has 4 aromatic rings. The summed E-state index contributed by atoms with van der Waals surface area (Å²) in [6.45, 7) is 0. The van der Waals surface area contributed by atoms with Gasteiger partial charge in [0, 0.05) is 29.2 Å². The molecule has 30 heavy (non-hydrogen) atoms. The van der Waals surface area contributed by atoms with Crippen molar-refractivity contribution in [2.45, 2.75) is 0 Å². The first kappa shape index (κ1) is 19.3. The van der Waals surface area contributed by atoms with Crippen molar-refractivity contribution >= 4 is 39.9 Å². The van der Waals surface area contributed by atoms with Crippen molar-refractivity contribution in [2.24, 2.45) is 0 Å². The van der Waals surface area contributed by atoms with Crippen LogP contribution in [0.25, 0.3) is 22.3 Å². The Hall–Kier alpha value is -4.05. The smallest absolute Gasteiger partial charge is 0.270 e. The van der Waals surface area contributed by atoms with Gasteiger partial charge in [-0.25, -0.2) is 4.52 Å². The summed E-state index contributed by atoms with van der Waals surface area (Å²) >= 11 is 1.41. The van der Waals surface area contributed by atoms with E-state index in [1.807, 2.05) is 29.6 Å². The molecule has 0 unspecified atom stereocenters. The number of hydrogen-bond donors (Lipinski definition) is 1. The summed E-state index contributed by atoms with van der Waals surface area (Å²) in [5.41, 5.74) is 2.28. The van der Waals surface area contributed by atoms with Crippen LogP contribution in [0, 0.1) is 10.1 Å². The minimum atomic E-state index is -0.487. The van der Waals surface area contributed by atoms with Gasteiger partial charge in [-0.05, 0) is 35.9 Å². The van der Waals surface area contributed by atoms with Crippen LogP contribution in [0.3, 0.4) is 0 Å². The minimum Gasteiger partial charge on any atom is -0.497 e. The van der Waals surface area contributed by atoms with Crippen molar-refractivity contribution in [3.63, 3.8) is 0 Å². The Morgan fingerprint density at radius 3 is 2.80 bits per heavy atom. The van der Waals surface area contributed by atoms with Crippen LogP contribution in [0.5, 0.6) is 5.75 Å². The Morgan fingerprint density at radius 1 is 1.27 bits per heavy atom. The van der Waals surface area contributed by atoms with Crippen LogP contribution in [0.1, 0.15) is 5.56 Å². The number of nitro benzene ring substituents is 1. The lowest BCUT2D eigenvalue weighted by Crippen LogP contribution is -2.09. The zero-order valence-electron chi connectivity index (χ0n) is 15.7. The van der Waals surface area contributed by atoms with Crippen LogP contribution in [-0.2, 0) is 4.79 Å². The molecule has 0 spiro atoms. The maximum Gasteiger partial charge on any atom is 0.270 e. The SMILES string of the molecule is COc1ccc(-c2csc3nc(NC(=O)/C=C/c4cccc([N+](=O)[O-])c4)nn23)cc1. The number of nitrogens with one attached hydrogen (secondary N) is 1. The van der Waals surface area contributed by atoms with Gasteiger partial charge in [0.25, 0.3) is 17.5 Å². The second-order valence-electron chi connectivity index (χ2n) is 6.15. The maximum atomic E-state index is 12.2. The average molecular weight is 421 g/mol. The molecule has 0 atom stereocenters. The van der Waals surface area contributed by atoms with Crippen LogP contribution >= 0.6 is 11.3 Å². The molecule has 2 heterocycles. The Bertz CT molecular complexity index is 1260. The fourth-order valence-electron chi connectivity index (χ4n) is 2.76. The predicted octanol–water partition coefficient (Wildman–Crippen LogP) is 4.03. The van der Waals surface area contributed by atoms with E-state index in [-0.39, 0.29) is 11.6 Å². The van der Waals surface area contributed by atoms with Gasteiger partial charge < -0.3 is 4.74 Å². The summed E-state index contributed by atoms with van der Waals surface area (Å²) in [4.78, 5) is 27.5. The summed E-state index contributed by atoms with van der Waals surface area (Å²) in [6.07, 6.45) is 2.77. The lowest BCUT2D eigenvalue weighted by atomic mass is 10.2. The minimum absolute atomic E-state index is 0.0420. The van der Waals surface area contributed by atoms with Gasteiger partial charge >= 0.3 is 0 Å². The highest BCUT2D eigenvalue weighted by molar-refractivity contribution is 7.15. The highest BCUT2D eigenvalue weighted by atomic mass is 32.1. The summed E-state index contributed by atoms with van der Waals surface area (Å²) < 4.78 is 6.83. The van der Waals surface area contributed by atoms with E-state index in [0.29, 0.717) is 10.5 Å². The Morgan fingerprint density at radius 2 is 2.07 bits per heavy atom.